The van der Waals surface area contributed by atoms with E-state index in [1.807, 2.05) is 54.7 Å². The third-order valence-corrected chi connectivity index (χ3v) is 5.75. The second-order valence-corrected chi connectivity index (χ2v) is 7.76. The van der Waals surface area contributed by atoms with Crippen molar-refractivity contribution >= 4 is 22.7 Å². The molecule has 2 aromatic carbocycles. The van der Waals surface area contributed by atoms with Crippen molar-refractivity contribution in [3.8, 4) is 5.75 Å². The van der Waals surface area contributed by atoms with E-state index in [1.54, 1.807) is 12.0 Å². The number of amides is 2. The highest BCUT2D eigenvalue weighted by molar-refractivity contribution is 5.98. The number of piperidine rings is 1. The van der Waals surface area contributed by atoms with Crippen molar-refractivity contribution in [2.75, 3.05) is 26.7 Å². The topological polar surface area (TPSA) is 74.4 Å². The number of hydrogen-bond donors (Lipinski definition) is 2. The SMILES string of the molecule is COc1ccc(CCNC(=O)C2CCCN(C(=O)c3ccc4cc[nH]c4c3)C2)cc1. The van der Waals surface area contributed by atoms with Gasteiger partial charge < -0.3 is 19.9 Å². The lowest BCUT2D eigenvalue weighted by atomic mass is 9.96. The molecule has 30 heavy (non-hydrogen) atoms. The molecule has 0 radical (unpaired) electrons. The summed E-state index contributed by atoms with van der Waals surface area (Å²) in [5.74, 6) is 0.681. The zero-order chi connectivity index (χ0) is 20.9. The Morgan fingerprint density at radius 1 is 1.17 bits per heavy atom. The first-order valence-corrected chi connectivity index (χ1v) is 10.4. The summed E-state index contributed by atoms with van der Waals surface area (Å²) in [7, 11) is 1.64. The molecular formula is C24H27N3O3. The van der Waals surface area contributed by atoms with E-state index in [4.69, 9.17) is 4.74 Å². The molecule has 1 saturated heterocycles. The Hall–Kier alpha value is -3.28. The van der Waals surface area contributed by atoms with Crippen LogP contribution >= 0.6 is 0 Å². The van der Waals surface area contributed by atoms with Crippen molar-refractivity contribution in [2.45, 2.75) is 19.3 Å². The first-order valence-electron chi connectivity index (χ1n) is 10.4. The number of fused-ring (bicyclic) bond motifs is 1. The van der Waals surface area contributed by atoms with Crippen molar-refractivity contribution in [3.63, 3.8) is 0 Å². The number of carbonyl (C=O) groups is 2. The first kappa shape index (κ1) is 20.0. The van der Waals surface area contributed by atoms with Crippen LogP contribution in [0.15, 0.2) is 54.7 Å². The smallest absolute Gasteiger partial charge is 0.253 e. The minimum Gasteiger partial charge on any atom is -0.497 e. The summed E-state index contributed by atoms with van der Waals surface area (Å²) in [6, 6.07) is 15.5. The number of nitrogens with one attached hydrogen (secondary N) is 2. The minimum absolute atomic E-state index is 0.0118. The van der Waals surface area contributed by atoms with Crippen LogP contribution in [0.5, 0.6) is 5.75 Å². The number of carbonyl (C=O) groups excluding carboxylic acids is 2. The van der Waals surface area contributed by atoms with E-state index in [0.717, 1.165) is 41.5 Å². The number of likely N-dealkylation sites (tertiary alicyclic amines) is 1. The van der Waals surface area contributed by atoms with Gasteiger partial charge in [0.2, 0.25) is 5.91 Å². The molecule has 6 heteroatoms. The Morgan fingerprint density at radius 2 is 2.00 bits per heavy atom. The molecule has 0 bridgehead atoms. The van der Waals surface area contributed by atoms with E-state index in [1.165, 1.54) is 0 Å². The Bertz CT molecular complexity index is 1030. The molecule has 156 valence electrons. The minimum atomic E-state index is -0.159. The number of ether oxygens (including phenoxy) is 1. The summed E-state index contributed by atoms with van der Waals surface area (Å²) >= 11 is 0. The molecule has 1 atom stereocenters. The molecule has 1 aromatic heterocycles. The number of benzene rings is 2. The number of rotatable bonds is 6. The van der Waals surface area contributed by atoms with Gasteiger partial charge in [-0.05, 0) is 60.5 Å². The van der Waals surface area contributed by atoms with E-state index in [0.29, 0.717) is 25.2 Å². The predicted molar refractivity (Wildman–Crippen MR) is 117 cm³/mol. The highest BCUT2D eigenvalue weighted by Crippen LogP contribution is 2.21. The van der Waals surface area contributed by atoms with Gasteiger partial charge in [0.05, 0.1) is 13.0 Å². The van der Waals surface area contributed by atoms with Crippen molar-refractivity contribution < 1.29 is 14.3 Å². The molecule has 0 aliphatic carbocycles. The molecule has 0 saturated carbocycles. The number of nitrogens with zero attached hydrogens (tertiary/aromatic N) is 1. The molecule has 1 unspecified atom stereocenters. The number of methoxy groups -OCH3 is 1. The van der Waals surface area contributed by atoms with Gasteiger partial charge in [0.1, 0.15) is 5.75 Å². The summed E-state index contributed by atoms with van der Waals surface area (Å²) in [4.78, 5) is 30.6. The van der Waals surface area contributed by atoms with Crippen molar-refractivity contribution in [3.05, 3.63) is 65.9 Å². The van der Waals surface area contributed by atoms with E-state index >= 15 is 0 Å². The number of aromatic nitrogens is 1. The predicted octanol–water partition coefficient (Wildman–Crippen LogP) is 3.39. The van der Waals surface area contributed by atoms with Crippen LogP contribution in [0, 0.1) is 5.92 Å². The normalized spacial score (nSPS) is 16.4. The molecule has 1 aliphatic heterocycles. The lowest BCUT2D eigenvalue weighted by Crippen LogP contribution is -2.45. The lowest BCUT2D eigenvalue weighted by Gasteiger charge is -2.32. The summed E-state index contributed by atoms with van der Waals surface area (Å²) in [6.45, 7) is 1.74. The van der Waals surface area contributed by atoms with Crippen molar-refractivity contribution in [1.82, 2.24) is 15.2 Å². The molecule has 6 nitrogen and oxygen atoms in total. The quantitative estimate of drug-likeness (QED) is 0.660. The molecule has 1 aliphatic rings. The van der Waals surface area contributed by atoms with Crippen LogP contribution in [-0.2, 0) is 11.2 Å². The van der Waals surface area contributed by atoms with Crippen LogP contribution in [0.1, 0.15) is 28.8 Å². The second-order valence-electron chi connectivity index (χ2n) is 7.76. The summed E-state index contributed by atoms with van der Waals surface area (Å²) in [5.41, 5.74) is 2.76. The molecule has 2 heterocycles. The maximum atomic E-state index is 13.0. The van der Waals surface area contributed by atoms with E-state index in [-0.39, 0.29) is 17.7 Å². The molecular weight excluding hydrogens is 378 g/mol. The van der Waals surface area contributed by atoms with E-state index in [9.17, 15) is 9.59 Å². The monoisotopic (exact) mass is 405 g/mol. The Labute approximate surface area is 176 Å². The molecule has 1 fully saturated rings. The van der Waals surface area contributed by atoms with E-state index < -0.39 is 0 Å². The molecule has 0 spiro atoms. The van der Waals surface area contributed by atoms with Gasteiger partial charge in [-0.2, -0.15) is 0 Å². The van der Waals surface area contributed by atoms with Crippen LogP contribution in [0.3, 0.4) is 0 Å². The van der Waals surface area contributed by atoms with Gasteiger partial charge in [-0.1, -0.05) is 18.2 Å². The van der Waals surface area contributed by atoms with Gasteiger partial charge in [0.25, 0.3) is 5.91 Å². The summed E-state index contributed by atoms with van der Waals surface area (Å²) in [6.07, 6.45) is 4.29. The van der Waals surface area contributed by atoms with Crippen LogP contribution in [0.4, 0.5) is 0 Å². The number of aromatic amines is 1. The molecule has 3 aromatic rings. The lowest BCUT2D eigenvalue weighted by molar-refractivity contribution is -0.126. The fraction of sp³-hybridized carbons (Fsp3) is 0.333. The van der Waals surface area contributed by atoms with Crippen molar-refractivity contribution in [1.29, 1.82) is 0 Å². The standard InChI is InChI=1S/C24H27N3O3/c1-30-21-8-4-17(5-9-21)10-12-26-23(28)20-3-2-14-27(16-20)24(29)19-7-6-18-11-13-25-22(18)15-19/h4-9,11,13,15,20,25H,2-3,10,12,14,16H2,1H3,(H,26,28). The maximum absolute atomic E-state index is 13.0. The fourth-order valence-electron chi connectivity index (χ4n) is 4.01. The van der Waals surface area contributed by atoms with Crippen LogP contribution in [0.25, 0.3) is 10.9 Å². The average molecular weight is 405 g/mol. The van der Waals surface area contributed by atoms with E-state index in [2.05, 4.69) is 10.3 Å². The zero-order valence-corrected chi connectivity index (χ0v) is 17.2. The van der Waals surface area contributed by atoms with Crippen LogP contribution < -0.4 is 10.1 Å². The molecule has 4 rings (SSSR count). The maximum Gasteiger partial charge on any atom is 0.253 e. The van der Waals surface area contributed by atoms with Gasteiger partial charge in [-0.3, -0.25) is 9.59 Å². The fourth-order valence-corrected chi connectivity index (χ4v) is 4.01. The van der Waals surface area contributed by atoms with Gasteiger partial charge in [0, 0.05) is 36.9 Å². The van der Waals surface area contributed by atoms with Gasteiger partial charge >= 0.3 is 0 Å². The number of H-pyrrole nitrogens is 1. The zero-order valence-electron chi connectivity index (χ0n) is 17.2. The third-order valence-electron chi connectivity index (χ3n) is 5.75. The Kier molecular flexibility index (Phi) is 6.02. The Balaban J connectivity index is 1.31. The molecule has 2 amide bonds. The van der Waals surface area contributed by atoms with Gasteiger partial charge in [-0.25, -0.2) is 0 Å². The first-order chi connectivity index (χ1) is 14.6. The second kappa shape index (κ2) is 9.03. The average Bonchev–Trinajstić information content (AvgIpc) is 3.27. The highest BCUT2D eigenvalue weighted by atomic mass is 16.5. The van der Waals surface area contributed by atoms with Crippen LogP contribution in [-0.4, -0.2) is 48.4 Å². The summed E-state index contributed by atoms with van der Waals surface area (Å²) in [5, 5.41) is 4.12. The largest absolute Gasteiger partial charge is 0.497 e. The van der Waals surface area contributed by atoms with Gasteiger partial charge in [-0.15, -0.1) is 0 Å². The van der Waals surface area contributed by atoms with Crippen molar-refractivity contribution in [2.24, 2.45) is 5.92 Å². The Morgan fingerprint density at radius 3 is 2.80 bits per heavy atom. The van der Waals surface area contributed by atoms with Crippen LogP contribution in [0.2, 0.25) is 0 Å². The highest BCUT2D eigenvalue weighted by Gasteiger charge is 2.28. The molecule has 2 N–H and O–H groups in total. The summed E-state index contributed by atoms with van der Waals surface area (Å²) < 4.78 is 5.17. The number of hydrogen-bond acceptors (Lipinski definition) is 3. The third kappa shape index (κ3) is 4.48. The van der Waals surface area contributed by atoms with Gasteiger partial charge in [0.15, 0.2) is 0 Å².